The molecule has 0 aromatic carbocycles. The predicted molar refractivity (Wildman–Crippen MR) is 40.4 cm³/mol. The van der Waals surface area contributed by atoms with Gasteiger partial charge in [0.25, 0.3) is 0 Å². The number of tetrazole rings is 1. The lowest BCUT2D eigenvalue weighted by molar-refractivity contribution is 0.173. The van der Waals surface area contributed by atoms with Gasteiger partial charge < -0.3 is 10.4 Å². The van der Waals surface area contributed by atoms with E-state index >= 15 is 0 Å². The lowest BCUT2D eigenvalue weighted by atomic mass is 10.1. The molecular formula is C6H11N5O. The van der Waals surface area contributed by atoms with Gasteiger partial charge in [-0.3, -0.25) is 0 Å². The highest BCUT2D eigenvalue weighted by molar-refractivity contribution is 5.02. The van der Waals surface area contributed by atoms with E-state index in [4.69, 9.17) is 0 Å². The van der Waals surface area contributed by atoms with Crippen molar-refractivity contribution in [1.82, 2.24) is 25.5 Å². The maximum atomic E-state index is 9.51. The van der Waals surface area contributed by atoms with Crippen LogP contribution in [-0.4, -0.2) is 44.5 Å². The van der Waals surface area contributed by atoms with E-state index in [0.717, 1.165) is 12.4 Å². The first kappa shape index (κ1) is 7.63. The van der Waals surface area contributed by atoms with E-state index < -0.39 is 0 Å². The highest BCUT2D eigenvalue weighted by atomic mass is 16.3. The second kappa shape index (κ2) is 2.80. The molecule has 1 aliphatic heterocycles. The van der Waals surface area contributed by atoms with Gasteiger partial charge in [-0.2, -0.15) is 0 Å². The molecule has 2 heterocycles. The molecule has 1 aliphatic rings. The van der Waals surface area contributed by atoms with E-state index in [-0.39, 0.29) is 12.0 Å². The summed E-state index contributed by atoms with van der Waals surface area (Å²) in [6.07, 6.45) is -0.366. The molecule has 1 aromatic heterocycles. The van der Waals surface area contributed by atoms with Crippen LogP contribution in [0, 0.1) is 0 Å². The average Bonchev–Trinajstić information content (AvgIpc) is 2.59. The van der Waals surface area contributed by atoms with Crippen LogP contribution in [0.4, 0.5) is 0 Å². The minimum absolute atomic E-state index is 0.0324. The van der Waals surface area contributed by atoms with Crippen molar-refractivity contribution < 1.29 is 5.11 Å². The number of aryl methyl sites for hydroxylation is 1. The Bertz CT molecular complexity index is 273. The van der Waals surface area contributed by atoms with Crippen molar-refractivity contribution in [1.29, 1.82) is 0 Å². The van der Waals surface area contributed by atoms with Crippen LogP contribution >= 0.6 is 0 Å². The van der Waals surface area contributed by atoms with Gasteiger partial charge in [0.15, 0.2) is 5.82 Å². The van der Waals surface area contributed by atoms with Gasteiger partial charge in [0, 0.05) is 20.1 Å². The zero-order valence-electron chi connectivity index (χ0n) is 6.80. The Morgan fingerprint density at radius 2 is 2.42 bits per heavy atom. The van der Waals surface area contributed by atoms with Gasteiger partial charge in [0.2, 0.25) is 0 Å². The highest BCUT2D eigenvalue weighted by Gasteiger charge is 2.30. The van der Waals surface area contributed by atoms with Gasteiger partial charge in [-0.25, -0.2) is 4.68 Å². The van der Waals surface area contributed by atoms with Gasteiger partial charge in [0.1, 0.15) is 0 Å². The minimum Gasteiger partial charge on any atom is -0.391 e. The first-order valence-electron chi connectivity index (χ1n) is 3.90. The van der Waals surface area contributed by atoms with Crippen molar-refractivity contribution in [2.75, 3.05) is 13.1 Å². The molecule has 6 nitrogen and oxygen atoms in total. The minimum atomic E-state index is -0.366. The Morgan fingerprint density at radius 1 is 1.58 bits per heavy atom. The number of aromatic nitrogens is 4. The number of rotatable bonds is 1. The lowest BCUT2D eigenvalue weighted by Gasteiger charge is -2.09. The van der Waals surface area contributed by atoms with Crippen LogP contribution in [0.5, 0.6) is 0 Å². The topological polar surface area (TPSA) is 75.9 Å². The maximum absolute atomic E-state index is 9.51. The number of hydrogen-bond donors (Lipinski definition) is 2. The number of aliphatic hydroxyl groups is 1. The first-order chi connectivity index (χ1) is 5.79. The zero-order valence-corrected chi connectivity index (χ0v) is 6.80. The molecule has 0 radical (unpaired) electrons. The smallest absolute Gasteiger partial charge is 0.157 e. The summed E-state index contributed by atoms with van der Waals surface area (Å²) in [4.78, 5) is 0. The molecule has 12 heavy (non-hydrogen) atoms. The lowest BCUT2D eigenvalue weighted by Crippen LogP contribution is -2.19. The van der Waals surface area contributed by atoms with Gasteiger partial charge in [-0.05, 0) is 10.4 Å². The van der Waals surface area contributed by atoms with Crippen molar-refractivity contribution >= 4 is 0 Å². The van der Waals surface area contributed by atoms with E-state index in [1.807, 2.05) is 0 Å². The van der Waals surface area contributed by atoms with E-state index in [2.05, 4.69) is 20.8 Å². The molecular weight excluding hydrogens is 158 g/mol. The molecule has 0 bridgehead atoms. The Hall–Kier alpha value is -1.01. The summed E-state index contributed by atoms with van der Waals surface area (Å²) in [6, 6.07) is 0. The number of nitrogens with one attached hydrogen (secondary N) is 1. The monoisotopic (exact) mass is 169 g/mol. The van der Waals surface area contributed by atoms with E-state index in [9.17, 15) is 5.11 Å². The second-order valence-corrected chi connectivity index (χ2v) is 2.99. The summed E-state index contributed by atoms with van der Waals surface area (Å²) in [7, 11) is 1.78. The molecule has 2 N–H and O–H groups in total. The summed E-state index contributed by atoms with van der Waals surface area (Å²) in [6.45, 7) is 1.37. The second-order valence-electron chi connectivity index (χ2n) is 2.99. The van der Waals surface area contributed by atoms with Crippen molar-refractivity contribution in [3.63, 3.8) is 0 Å². The summed E-state index contributed by atoms with van der Waals surface area (Å²) >= 11 is 0. The molecule has 1 saturated heterocycles. The van der Waals surface area contributed by atoms with Gasteiger partial charge in [0.05, 0.1) is 12.0 Å². The molecule has 1 aromatic rings. The fraction of sp³-hybridized carbons (Fsp3) is 0.833. The molecule has 0 spiro atoms. The third-order valence-electron chi connectivity index (χ3n) is 2.17. The van der Waals surface area contributed by atoms with E-state index in [1.54, 1.807) is 11.7 Å². The highest BCUT2D eigenvalue weighted by Crippen LogP contribution is 2.18. The summed E-state index contributed by atoms with van der Waals surface area (Å²) in [5.41, 5.74) is 0. The van der Waals surface area contributed by atoms with Crippen LogP contribution in [0.1, 0.15) is 11.7 Å². The maximum Gasteiger partial charge on any atom is 0.157 e. The molecule has 0 saturated carbocycles. The van der Waals surface area contributed by atoms with Crippen LogP contribution < -0.4 is 5.32 Å². The van der Waals surface area contributed by atoms with Gasteiger partial charge in [-0.1, -0.05) is 0 Å². The number of hydrogen-bond acceptors (Lipinski definition) is 5. The number of aliphatic hydroxyl groups excluding tert-OH is 1. The summed E-state index contributed by atoms with van der Waals surface area (Å²) in [5, 5.41) is 23.7. The quantitative estimate of drug-likeness (QED) is 0.522. The third-order valence-corrected chi connectivity index (χ3v) is 2.17. The van der Waals surface area contributed by atoms with Crippen LogP contribution in [0.25, 0.3) is 0 Å². The Morgan fingerprint density at radius 3 is 2.92 bits per heavy atom. The predicted octanol–water partition coefficient (Wildman–Crippen LogP) is -1.74. The van der Waals surface area contributed by atoms with E-state index in [1.165, 1.54) is 0 Å². The summed E-state index contributed by atoms with van der Waals surface area (Å²) in [5.74, 6) is 0.775. The molecule has 66 valence electrons. The van der Waals surface area contributed by atoms with Crippen molar-refractivity contribution in [3.8, 4) is 0 Å². The van der Waals surface area contributed by atoms with Crippen molar-refractivity contribution in [2.45, 2.75) is 12.0 Å². The molecule has 2 rings (SSSR count). The summed E-state index contributed by atoms with van der Waals surface area (Å²) < 4.78 is 1.60. The van der Waals surface area contributed by atoms with E-state index in [0.29, 0.717) is 6.54 Å². The SMILES string of the molecule is Cn1nnnc1C1CNCC1O. The fourth-order valence-electron chi connectivity index (χ4n) is 1.48. The molecule has 1 fully saturated rings. The normalized spacial score (nSPS) is 29.5. The largest absolute Gasteiger partial charge is 0.391 e. The average molecular weight is 169 g/mol. The van der Waals surface area contributed by atoms with Crippen LogP contribution in [0.2, 0.25) is 0 Å². The Kier molecular flexibility index (Phi) is 1.78. The van der Waals surface area contributed by atoms with Gasteiger partial charge >= 0.3 is 0 Å². The molecule has 0 aliphatic carbocycles. The van der Waals surface area contributed by atoms with Crippen LogP contribution in [-0.2, 0) is 7.05 Å². The van der Waals surface area contributed by atoms with Crippen LogP contribution in [0.15, 0.2) is 0 Å². The molecule has 0 amide bonds. The van der Waals surface area contributed by atoms with Crippen molar-refractivity contribution in [2.24, 2.45) is 7.05 Å². The Balaban J connectivity index is 2.24. The number of nitrogens with zero attached hydrogens (tertiary/aromatic N) is 4. The standard InChI is InChI=1S/C6H11N5O/c1-11-6(8-9-10-11)4-2-7-3-5(4)12/h4-5,7,12H,2-3H2,1H3. The Labute approximate surface area is 69.6 Å². The number of β-amino-alcohol motifs (C(OH)–C–C–N with tert-alkyl or cyclic N) is 1. The molecule has 6 heteroatoms. The third kappa shape index (κ3) is 1.09. The van der Waals surface area contributed by atoms with Crippen LogP contribution in [0.3, 0.4) is 0 Å². The zero-order chi connectivity index (χ0) is 8.55. The molecule has 2 unspecified atom stereocenters. The first-order valence-corrected chi connectivity index (χ1v) is 3.90. The van der Waals surface area contributed by atoms with Gasteiger partial charge in [-0.15, -0.1) is 5.10 Å². The van der Waals surface area contributed by atoms with Crippen molar-refractivity contribution in [3.05, 3.63) is 5.82 Å². The molecule has 2 atom stereocenters. The fourth-order valence-corrected chi connectivity index (χ4v) is 1.48.